The number of Topliss-reactive ketones (excluding diaryl/α,β-unsaturated/α-hetero) is 1. The molecule has 4 heteroatoms. The van der Waals surface area contributed by atoms with Crippen molar-refractivity contribution in [3.05, 3.63) is 34.9 Å². The van der Waals surface area contributed by atoms with Gasteiger partial charge in [-0.1, -0.05) is 0 Å². The second kappa shape index (κ2) is 4.64. The molecule has 0 aliphatic carbocycles. The van der Waals surface area contributed by atoms with Crippen LogP contribution in [0.3, 0.4) is 0 Å². The summed E-state index contributed by atoms with van der Waals surface area (Å²) in [6.45, 7) is 1.54. The second-order valence-corrected chi connectivity index (χ2v) is 5.12. The van der Waals surface area contributed by atoms with Gasteiger partial charge >= 0.3 is 99.6 Å². The van der Waals surface area contributed by atoms with Gasteiger partial charge in [-0.3, -0.25) is 0 Å². The van der Waals surface area contributed by atoms with Crippen molar-refractivity contribution in [1.29, 1.82) is 0 Å². The minimum atomic E-state index is 0.0328. The van der Waals surface area contributed by atoms with E-state index in [0.717, 1.165) is 15.9 Å². The van der Waals surface area contributed by atoms with Crippen molar-refractivity contribution < 1.29 is 9.53 Å². The van der Waals surface area contributed by atoms with Crippen molar-refractivity contribution in [3.8, 4) is 15.9 Å². The molecule has 16 heavy (non-hydrogen) atoms. The van der Waals surface area contributed by atoms with Crippen LogP contribution in [0.1, 0.15) is 17.4 Å². The van der Waals surface area contributed by atoms with E-state index in [1.54, 1.807) is 14.0 Å². The van der Waals surface area contributed by atoms with Gasteiger partial charge in [0.1, 0.15) is 0 Å². The number of methoxy groups -OCH3 is 1. The van der Waals surface area contributed by atoms with Gasteiger partial charge in [-0.05, 0) is 0 Å². The molecule has 2 aromatic rings. The van der Waals surface area contributed by atoms with Crippen LogP contribution in [0.2, 0.25) is 0 Å². The van der Waals surface area contributed by atoms with Crippen molar-refractivity contribution in [2.24, 2.45) is 0 Å². The quantitative estimate of drug-likeness (QED) is 0.638. The van der Waals surface area contributed by atoms with Crippen molar-refractivity contribution in [2.75, 3.05) is 7.11 Å². The summed E-state index contributed by atoms with van der Waals surface area (Å²) in [6.07, 6.45) is 0. The Morgan fingerprint density at radius 1 is 1.31 bits per heavy atom. The molecule has 0 atom stereocenters. The molecule has 0 aliphatic rings. The molecule has 0 fully saturated rings. The van der Waals surface area contributed by atoms with Gasteiger partial charge in [0.25, 0.3) is 0 Å². The van der Waals surface area contributed by atoms with Crippen LogP contribution in [-0.4, -0.2) is 32.4 Å². The maximum absolute atomic E-state index is 11.1. The van der Waals surface area contributed by atoms with E-state index in [0.29, 0.717) is 5.69 Å². The number of benzene rings is 1. The van der Waals surface area contributed by atoms with Gasteiger partial charge in [0.2, 0.25) is 0 Å². The molecular weight excluding hydrogens is 269 g/mol. The number of rotatable bonds is 3. The number of aromatic nitrogens is 1. The molecule has 2 rings (SSSR count). The molecule has 0 saturated heterocycles. The van der Waals surface area contributed by atoms with Crippen LogP contribution >= 0.6 is 0 Å². The third kappa shape index (κ3) is 2.23. The fraction of sp³-hybridized carbons (Fsp3) is 0.167. The average Bonchev–Trinajstić information content (AvgIpc) is 2.78. The Morgan fingerprint density at radius 3 is 2.50 bits per heavy atom. The van der Waals surface area contributed by atoms with E-state index in [1.165, 1.54) is 0 Å². The predicted octanol–water partition coefficient (Wildman–Crippen LogP) is 2.02. The third-order valence-corrected chi connectivity index (χ3v) is 4.07. The molecule has 0 amide bonds. The first-order valence-corrected chi connectivity index (χ1v) is 6.66. The fourth-order valence-electron chi connectivity index (χ4n) is 1.30. The zero-order valence-electron chi connectivity index (χ0n) is 9.06. The number of carbonyl (C=O) groups excluding carboxylic acids is 1. The van der Waals surface area contributed by atoms with Crippen LogP contribution in [0.5, 0.6) is 5.75 Å². The molecule has 1 heterocycles. The normalized spacial score (nSPS) is 10.1. The zero-order valence-corrected chi connectivity index (χ0v) is 10.8. The van der Waals surface area contributed by atoms with E-state index in [4.69, 9.17) is 4.74 Å². The predicted molar refractivity (Wildman–Crippen MR) is 63.2 cm³/mol. The summed E-state index contributed by atoms with van der Waals surface area (Å²) >= 11 is 0.162. The van der Waals surface area contributed by atoms with E-state index in [-0.39, 0.29) is 20.3 Å². The summed E-state index contributed by atoms with van der Waals surface area (Å²) < 4.78 is 6.09. The van der Waals surface area contributed by atoms with Gasteiger partial charge in [0.05, 0.1) is 0 Å². The van der Waals surface area contributed by atoms with E-state index in [1.807, 2.05) is 29.2 Å². The summed E-state index contributed by atoms with van der Waals surface area (Å²) in [4.78, 5) is 17.4. The first-order chi connectivity index (χ1) is 7.70. The van der Waals surface area contributed by atoms with E-state index in [9.17, 15) is 4.79 Å². The minimum absolute atomic E-state index is 0.0328. The number of hydrogen-bond acceptors (Lipinski definition) is 3. The third-order valence-electron chi connectivity index (χ3n) is 2.20. The van der Waals surface area contributed by atoms with E-state index in [2.05, 4.69) is 4.98 Å². The Hall–Kier alpha value is -1.38. The van der Waals surface area contributed by atoms with Gasteiger partial charge in [0, 0.05) is 0 Å². The van der Waals surface area contributed by atoms with Crippen LogP contribution in [0.4, 0.5) is 0 Å². The summed E-state index contributed by atoms with van der Waals surface area (Å²) in [5.74, 6) is 0.861. The Morgan fingerprint density at radius 2 is 2.00 bits per heavy atom. The van der Waals surface area contributed by atoms with Gasteiger partial charge < -0.3 is 0 Å². The maximum atomic E-state index is 11.1. The molecule has 0 N–H and O–H groups in total. The zero-order chi connectivity index (χ0) is 11.5. The van der Waals surface area contributed by atoms with Gasteiger partial charge in [-0.25, -0.2) is 0 Å². The number of nitrogens with zero attached hydrogens (tertiary/aromatic N) is 1. The molecule has 0 bridgehead atoms. The summed E-state index contributed by atoms with van der Waals surface area (Å²) in [6, 6.07) is 7.74. The Balaban J connectivity index is 2.31. The Labute approximate surface area is 99.8 Å². The standard InChI is InChI=1S/C12H11NO2Se/c1-8(14)11-7-16-12(13-11)9-3-5-10(15-2)6-4-9/h3-7H,1-2H3. The second-order valence-electron chi connectivity index (χ2n) is 3.32. The first kappa shape index (κ1) is 11.1. The number of ketones is 1. The number of hydrogen-bond donors (Lipinski definition) is 0. The van der Waals surface area contributed by atoms with E-state index >= 15 is 0 Å². The van der Waals surface area contributed by atoms with Crippen LogP contribution in [0.15, 0.2) is 29.2 Å². The van der Waals surface area contributed by atoms with Crippen LogP contribution < -0.4 is 4.74 Å². The van der Waals surface area contributed by atoms with Crippen LogP contribution in [0, 0.1) is 0 Å². The first-order valence-electron chi connectivity index (χ1n) is 4.81. The summed E-state index contributed by atoms with van der Waals surface area (Å²) in [5.41, 5.74) is 1.65. The van der Waals surface area contributed by atoms with Crippen molar-refractivity contribution in [1.82, 2.24) is 4.98 Å². The Kier molecular flexibility index (Phi) is 3.22. The van der Waals surface area contributed by atoms with Crippen LogP contribution in [0.25, 0.3) is 10.1 Å². The molecule has 3 nitrogen and oxygen atoms in total. The van der Waals surface area contributed by atoms with Crippen molar-refractivity contribution >= 4 is 20.3 Å². The monoisotopic (exact) mass is 281 g/mol. The van der Waals surface area contributed by atoms with E-state index < -0.39 is 0 Å². The average molecular weight is 280 g/mol. The Bertz CT molecular complexity index is 502. The SMILES string of the molecule is COc1ccc(-c2nc(C(C)=O)c[se]2)cc1. The molecule has 0 spiro atoms. The van der Waals surface area contributed by atoms with Gasteiger partial charge in [-0.2, -0.15) is 0 Å². The number of ether oxygens (including phenoxy) is 1. The topological polar surface area (TPSA) is 39.2 Å². The summed E-state index contributed by atoms with van der Waals surface area (Å²) in [5, 5.41) is 0. The number of carbonyl (C=O) groups is 1. The molecule has 82 valence electrons. The fourth-order valence-corrected chi connectivity index (χ4v) is 3.12. The molecular formula is C12H11NO2Se. The molecule has 1 aromatic carbocycles. The molecule has 0 radical (unpaired) electrons. The summed E-state index contributed by atoms with van der Waals surface area (Å²) in [7, 11) is 1.64. The molecule has 0 saturated carbocycles. The molecule has 0 unspecified atom stereocenters. The van der Waals surface area contributed by atoms with Crippen LogP contribution in [-0.2, 0) is 0 Å². The van der Waals surface area contributed by atoms with Crippen molar-refractivity contribution in [3.63, 3.8) is 0 Å². The molecule has 1 aromatic heterocycles. The van der Waals surface area contributed by atoms with Gasteiger partial charge in [-0.15, -0.1) is 0 Å². The van der Waals surface area contributed by atoms with Crippen molar-refractivity contribution in [2.45, 2.75) is 6.92 Å². The van der Waals surface area contributed by atoms with Gasteiger partial charge in [0.15, 0.2) is 0 Å². The molecule has 0 aliphatic heterocycles.